The lowest BCUT2D eigenvalue weighted by atomic mass is 10.3. The SMILES string of the molecule is [2H]c1nc2nc(Br)nc(Br)c2c([2H])c1[2H]. The standard InChI is InChI=1S/C7H3Br2N3/c8-5-4-2-1-3-10-6(4)12-7(9)11-5/h1-3H/i1D,2D,3D. The molecule has 0 aromatic carbocycles. The molecule has 0 saturated carbocycles. The predicted molar refractivity (Wildman–Crippen MR) is 52.7 cm³/mol. The first-order chi connectivity index (χ1) is 7.00. The third-order valence-corrected chi connectivity index (χ3v) is 2.15. The van der Waals surface area contributed by atoms with Crippen molar-refractivity contribution in [2.75, 3.05) is 0 Å². The highest BCUT2D eigenvalue weighted by atomic mass is 79.9. The Morgan fingerprint density at radius 1 is 1.33 bits per heavy atom. The van der Waals surface area contributed by atoms with E-state index in [1.165, 1.54) is 0 Å². The van der Waals surface area contributed by atoms with E-state index in [0.717, 1.165) is 0 Å². The summed E-state index contributed by atoms with van der Waals surface area (Å²) < 4.78 is 23.2. The predicted octanol–water partition coefficient (Wildman–Crippen LogP) is 2.55. The Bertz CT molecular complexity index is 561. The van der Waals surface area contributed by atoms with Crippen molar-refractivity contribution in [1.82, 2.24) is 15.0 Å². The molecule has 12 heavy (non-hydrogen) atoms. The van der Waals surface area contributed by atoms with E-state index < -0.39 is 0 Å². The van der Waals surface area contributed by atoms with Gasteiger partial charge in [0.15, 0.2) is 10.4 Å². The summed E-state index contributed by atoms with van der Waals surface area (Å²) in [6.45, 7) is 0. The van der Waals surface area contributed by atoms with E-state index in [-0.39, 0.29) is 23.9 Å². The first-order valence-electron chi connectivity index (χ1n) is 4.47. The van der Waals surface area contributed by atoms with Crippen molar-refractivity contribution < 1.29 is 4.11 Å². The van der Waals surface area contributed by atoms with Gasteiger partial charge >= 0.3 is 0 Å². The molecule has 0 aliphatic rings. The Morgan fingerprint density at radius 3 is 3.00 bits per heavy atom. The maximum absolute atomic E-state index is 7.67. The molecule has 0 radical (unpaired) electrons. The Hall–Kier alpha value is -0.550. The van der Waals surface area contributed by atoms with Crippen LogP contribution < -0.4 is 0 Å². The molecule has 0 atom stereocenters. The van der Waals surface area contributed by atoms with Gasteiger partial charge in [0.2, 0.25) is 0 Å². The zero-order valence-electron chi connectivity index (χ0n) is 8.60. The van der Waals surface area contributed by atoms with E-state index in [9.17, 15) is 0 Å². The number of hydrogen-bond donors (Lipinski definition) is 0. The van der Waals surface area contributed by atoms with Crippen LogP contribution in [0.15, 0.2) is 27.6 Å². The molecule has 2 aromatic rings. The molecule has 0 spiro atoms. The first-order valence-corrected chi connectivity index (χ1v) is 4.56. The lowest BCUT2D eigenvalue weighted by molar-refractivity contribution is 1.11. The van der Waals surface area contributed by atoms with Crippen molar-refractivity contribution in [2.24, 2.45) is 0 Å². The van der Waals surface area contributed by atoms with Crippen molar-refractivity contribution in [3.8, 4) is 0 Å². The van der Waals surface area contributed by atoms with Crippen molar-refractivity contribution in [1.29, 1.82) is 0 Å². The summed E-state index contributed by atoms with van der Waals surface area (Å²) in [7, 11) is 0. The van der Waals surface area contributed by atoms with Gasteiger partial charge in [-0.05, 0) is 43.9 Å². The van der Waals surface area contributed by atoms with Crippen LogP contribution in [-0.2, 0) is 0 Å². The smallest absolute Gasteiger partial charge is 0.199 e. The van der Waals surface area contributed by atoms with Crippen molar-refractivity contribution >= 4 is 42.9 Å². The first kappa shape index (κ1) is 5.24. The number of halogens is 2. The Morgan fingerprint density at radius 2 is 2.17 bits per heavy atom. The highest BCUT2D eigenvalue weighted by Gasteiger charge is 2.02. The van der Waals surface area contributed by atoms with E-state index in [2.05, 4.69) is 46.8 Å². The van der Waals surface area contributed by atoms with Crippen molar-refractivity contribution in [3.63, 3.8) is 0 Å². The summed E-state index contributed by atoms with van der Waals surface area (Å²) in [5.41, 5.74) is 0.231. The summed E-state index contributed by atoms with van der Waals surface area (Å²) in [6, 6.07) is -0.321. The molecule has 0 amide bonds. The third kappa shape index (κ3) is 1.34. The Labute approximate surface area is 89.7 Å². The van der Waals surface area contributed by atoms with Gasteiger partial charge in [0.25, 0.3) is 0 Å². The topological polar surface area (TPSA) is 38.7 Å². The van der Waals surface area contributed by atoms with Crippen molar-refractivity contribution in [2.45, 2.75) is 0 Å². The average molecular weight is 292 g/mol. The second-order valence-corrected chi connectivity index (χ2v) is 3.42. The van der Waals surface area contributed by atoms with Crippen molar-refractivity contribution in [3.05, 3.63) is 27.6 Å². The fourth-order valence-electron chi connectivity index (χ4n) is 0.757. The molecule has 2 heterocycles. The summed E-state index contributed by atoms with van der Waals surface area (Å²) in [5.74, 6) is 0. The second kappa shape index (κ2) is 3.06. The second-order valence-electron chi connectivity index (χ2n) is 1.96. The largest absolute Gasteiger partial charge is 0.236 e. The van der Waals surface area contributed by atoms with Crippen LogP contribution in [0, 0.1) is 0 Å². The fraction of sp³-hybridized carbons (Fsp3) is 0. The molecule has 0 saturated heterocycles. The monoisotopic (exact) mass is 290 g/mol. The highest BCUT2D eigenvalue weighted by Crippen LogP contribution is 2.20. The molecule has 5 heteroatoms. The molecule has 3 nitrogen and oxygen atoms in total. The normalized spacial score (nSPS) is 14.0. The third-order valence-electron chi connectivity index (χ3n) is 1.22. The number of pyridine rings is 1. The molecular weight excluding hydrogens is 286 g/mol. The highest BCUT2D eigenvalue weighted by molar-refractivity contribution is 9.11. The number of nitrogens with zero attached hydrogens (tertiary/aromatic N) is 3. The zero-order valence-corrected chi connectivity index (χ0v) is 8.77. The van der Waals surface area contributed by atoms with Crippen LogP contribution in [0.25, 0.3) is 11.0 Å². The van der Waals surface area contributed by atoms with E-state index in [1.54, 1.807) is 0 Å². The molecule has 0 aliphatic heterocycles. The maximum atomic E-state index is 7.67. The molecule has 0 aliphatic carbocycles. The summed E-state index contributed by atoms with van der Waals surface area (Å²) in [5, 5.41) is 0.346. The number of rotatable bonds is 0. The van der Waals surface area contributed by atoms with Crippen LogP contribution in [0.1, 0.15) is 4.11 Å². The quantitative estimate of drug-likeness (QED) is 0.553. The molecule has 0 N–H and O–H groups in total. The molecule has 0 fully saturated rings. The van der Waals surface area contributed by atoms with E-state index in [1.807, 2.05) is 0 Å². The van der Waals surface area contributed by atoms with Crippen LogP contribution >= 0.6 is 31.9 Å². The minimum absolute atomic E-state index is 0.0932. The van der Waals surface area contributed by atoms with Gasteiger partial charge in [-0.15, -0.1) is 0 Å². The lowest BCUT2D eigenvalue weighted by Gasteiger charge is -1.97. The van der Waals surface area contributed by atoms with Crippen LogP contribution in [0.4, 0.5) is 0 Å². The lowest BCUT2D eigenvalue weighted by Crippen LogP contribution is -1.88. The number of aromatic nitrogens is 3. The van der Waals surface area contributed by atoms with E-state index in [0.29, 0.717) is 14.7 Å². The summed E-state index contributed by atoms with van der Waals surface area (Å²) in [4.78, 5) is 11.7. The molecule has 60 valence electrons. The van der Waals surface area contributed by atoms with Crippen LogP contribution in [-0.4, -0.2) is 15.0 Å². The van der Waals surface area contributed by atoms with E-state index in [4.69, 9.17) is 4.11 Å². The van der Waals surface area contributed by atoms with Gasteiger partial charge in [-0.1, -0.05) is 0 Å². The van der Waals surface area contributed by atoms with Crippen LogP contribution in [0.2, 0.25) is 0 Å². The minimum atomic E-state index is -0.259. The minimum Gasteiger partial charge on any atom is -0.236 e. The summed E-state index contributed by atoms with van der Waals surface area (Å²) >= 11 is 6.26. The van der Waals surface area contributed by atoms with Gasteiger partial charge < -0.3 is 0 Å². The van der Waals surface area contributed by atoms with Gasteiger partial charge in [-0.2, -0.15) is 0 Å². The van der Waals surface area contributed by atoms with Gasteiger partial charge in [0, 0.05) is 6.17 Å². The van der Waals surface area contributed by atoms with Gasteiger partial charge in [-0.3, -0.25) is 0 Å². The van der Waals surface area contributed by atoms with Gasteiger partial charge in [-0.25, -0.2) is 15.0 Å². The Kier molecular flexibility index (Phi) is 1.34. The molecule has 2 aromatic heterocycles. The van der Waals surface area contributed by atoms with Gasteiger partial charge in [0.05, 0.1) is 9.50 Å². The van der Waals surface area contributed by atoms with Gasteiger partial charge in [0.1, 0.15) is 4.60 Å². The van der Waals surface area contributed by atoms with E-state index >= 15 is 0 Å². The molecule has 0 unspecified atom stereocenters. The number of fused-ring (bicyclic) bond motifs is 1. The molecule has 2 rings (SSSR count). The Balaban J connectivity index is 2.99. The molecule has 0 bridgehead atoms. The summed E-state index contributed by atoms with van der Waals surface area (Å²) in [6.07, 6.45) is -0.259. The molecular formula is C7H3Br2N3. The van der Waals surface area contributed by atoms with Crippen LogP contribution in [0.3, 0.4) is 0 Å². The average Bonchev–Trinajstić information content (AvgIpc) is 2.13. The maximum Gasteiger partial charge on any atom is 0.199 e. The number of hydrogen-bond acceptors (Lipinski definition) is 3. The van der Waals surface area contributed by atoms with Crippen LogP contribution in [0.5, 0.6) is 0 Å². The zero-order chi connectivity index (χ0) is 11.2. The fourth-order valence-corrected chi connectivity index (χ4v) is 1.78.